The molecule has 0 aliphatic rings. The van der Waals surface area contributed by atoms with E-state index in [0.29, 0.717) is 19.4 Å². The monoisotopic (exact) mass is 223 g/mol. The average Bonchev–Trinajstić information content (AvgIpc) is 2.29. The van der Waals surface area contributed by atoms with Gasteiger partial charge < -0.3 is 15.5 Å². The molecule has 4 heteroatoms. The highest BCUT2D eigenvalue weighted by Crippen LogP contribution is 2.03. The molecule has 3 N–H and O–H groups in total. The highest BCUT2D eigenvalue weighted by Gasteiger charge is 2.16. The number of hydrogen-bond acceptors (Lipinski definition) is 3. The number of carbonyl (C=O) groups is 1. The van der Waals surface area contributed by atoms with Crippen LogP contribution in [0.3, 0.4) is 0 Å². The van der Waals surface area contributed by atoms with Crippen molar-refractivity contribution in [2.45, 2.75) is 18.9 Å². The van der Waals surface area contributed by atoms with E-state index in [2.05, 4.69) is 5.32 Å². The third-order valence-corrected chi connectivity index (χ3v) is 2.31. The molecule has 0 aromatic heterocycles. The van der Waals surface area contributed by atoms with Crippen molar-refractivity contribution in [2.24, 2.45) is 0 Å². The molecule has 1 aromatic rings. The van der Waals surface area contributed by atoms with E-state index in [1.54, 1.807) is 0 Å². The molecule has 88 valence electrons. The van der Waals surface area contributed by atoms with Gasteiger partial charge in [-0.2, -0.15) is 0 Å². The Kier molecular flexibility index (Phi) is 5.53. The molecule has 4 nitrogen and oxygen atoms in total. The predicted molar refractivity (Wildman–Crippen MR) is 61.3 cm³/mol. The van der Waals surface area contributed by atoms with Gasteiger partial charge in [0.1, 0.15) is 6.04 Å². The van der Waals surface area contributed by atoms with Gasteiger partial charge >= 0.3 is 5.97 Å². The van der Waals surface area contributed by atoms with Gasteiger partial charge in [-0.1, -0.05) is 30.3 Å². The number of nitrogens with one attached hydrogen (secondary N) is 1. The van der Waals surface area contributed by atoms with Gasteiger partial charge in [0.05, 0.1) is 0 Å². The van der Waals surface area contributed by atoms with Crippen LogP contribution in [0.4, 0.5) is 0 Å². The summed E-state index contributed by atoms with van der Waals surface area (Å²) in [6, 6.07) is 8.91. The van der Waals surface area contributed by atoms with Crippen LogP contribution in [0.2, 0.25) is 0 Å². The lowest BCUT2D eigenvalue weighted by Gasteiger charge is -2.13. The minimum Gasteiger partial charge on any atom is -0.480 e. The summed E-state index contributed by atoms with van der Waals surface area (Å²) >= 11 is 0. The molecule has 16 heavy (non-hydrogen) atoms. The van der Waals surface area contributed by atoms with Gasteiger partial charge in [0.25, 0.3) is 0 Å². The molecule has 0 fully saturated rings. The number of aliphatic hydroxyl groups excluding tert-OH is 1. The fraction of sp³-hybridized carbons (Fsp3) is 0.417. The van der Waals surface area contributed by atoms with Crippen molar-refractivity contribution in [2.75, 3.05) is 13.2 Å². The summed E-state index contributed by atoms with van der Waals surface area (Å²) in [5, 5.41) is 20.5. The van der Waals surface area contributed by atoms with Gasteiger partial charge in [0.2, 0.25) is 0 Å². The van der Waals surface area contributed by atoms with Crippen LogP contribution >= 0.6 is 0 Å². The van der Waals surface area contributed by atoms with Crippen LogP contribution < -0.4 is 5.32 Å². The molecule has 0 amide bonds. The molecule has 1 aromatic carbocycles. The third-order valence-electron chi connectivity index (χ3n) is 2.31. The zero-order valence-corrected chi connectivity index (χ0v) is 9.10. The molecule has 0 unspecified atom stereocenters. The van der Waals surface area contributed by atoms with Crippen molar-refractivity contribution < 1.29 is 15.0 Å². The first-order valence-corrected chi connectivity index (χ1v) is 5.35. The standard InChI is InChI=1S/C12H17NO3/c14-8-4-7-13-11(12(15)16)9-10-5-2-1-3-6-10/h1-3,5-6,11,13-14H,4,7-9H2,(H,15,16)/t11-/m1/s1. The molecule has 0 saturated heterocycles. The van der Waals surface area contributed by atoms with Gasteiger partial charge in [-0.15, -0.1) is 0 Å². The molecule has 0 spiro atoms. The molecular formula is C12H17NO3. The Morgan fingerprint density at radius 3 is 2.56 bits per heavy atom. The Balaban J connectivity index is 2.48. The van der Waals surface area contributed by atoms with E-state index in [9.17, 15) is 4.79 Å². The summed E-state index contributed by atoms with van der Waals surface area (Å²) in [5.74, 6) is -0.859. The number of carboxylic acid groups (broad SMARTS) is 1. The summed E-state index contributed by atoms with van der Waals surface area (Å²) in [6.45, 7) is 0.588. The fourth-order valence-corrected chi connectivity index (χ4v) is 1.45. The van der Waals surface area contributed by atoms with Gasteiger partial charge in [-0.25, -0.2) is 0 Å². The molecule has 0 heterocycles. The third kappa shape index (κ3) is 4.42. The summed E-state index contributed by atoms with van der Waals surface area (Å²) < 4.78 is 0. The number of hydrogen-bond donors (Lipinski definition) is 3. The fourth-order valence-electron chi connectivity index (χ4n) is 1.45. The quantitative estimate of drug-likeness (QED) is 0.594. The Morgan fingerprint density at radius 1 is 1.31 bits per heavy atom. The summed E-state index contributed by atoms with van der Waals surface area (Å²) in [5.41, 5.74) is 0.992. The number of rotatable bonds is 7. The van der Waals surface area contributed by atoms with Crippen molar-refractivity contribution in [3.63, 3.8) is 0 Å². The summed E-state index contributed by atoms with van der Waals surface area (Å²) in [7, 11) is 0. The molecule has 0 saturated carbocycles. The van der Waals surface area contributed by atoms with E-state index in [4.69, 9.17) is 10.2 Å². The Morgan fingerprint density at radius 2 is 2.00 bits per heavy atom. The average molecular weight is 223 g/mol. The number of benzene rings is 1. The van der Waals surface area contributed by atoms with Crippen molar-refractivity contribution in [1.82, 2.24) is 5.32 Å². The van der Waals surface area contributed by atoms with Gasteiger partial charge in [-0.3, -0.25) is 4.79 Å². The van der Waals surface area contributed by atoms with E-state index in [-0.39, 0.29) is 6.61 Å². The normalized spacial score (nSPS) is 12.3. The number of aliphatic hydroxyl groups is 1. The van der Waals surface area contributed by atoms with E-state index < -0.39 is 12.0 Å². The van der Waals surface area contributed by atoms with E-state index in [1.807, 2.05) is 30.3 Å². The zero-order chi connectivity index (χ0) is 11.8. The maximum Gasteiger partial charge on any atom is 0.321 e. The molecular weight excluding hydrogens is 206 g/mol. The van der Waals surface area contributed by atoms with Crippen LogP contribution in [0, 0.1) is 0 Å². The van der Waals surface area contributed by atoms with Gasteiger partial charge in [0, 0.05) is 6.61 Å². The first-order valence-electron chi connectivity index (χ1n) is 5.35. The molecule has 0 bridgehead atoms. The van der Waals surface area contributed by atoms with Crippen molar-refractivity contribution >= 4 is 5.97 Å². The van der Waals surface area contributed by atoms with Crippen LogP contribution in [0.25, 0.3) is 0 Å². The first kappa shape index (κ1) is 12.7. The second-order valence-electron chi connectivity index (χ2n) is 3.61. The van der Waals surface area contributed by atoms with Crippen LogP contribution in [-0.2, 0) is 11.2 Å². The van der Waals surface area contributed by atoms with Crippen LogP contribution in [0.1, 0.15) is 12.0 Å². The van der Waals surface area contributed by atoms with Gasteiger partial charge in [0.15, 0.2) is 0 Å². The lowest BCUT2D eigenvalue weighted by Crippen LogP contribution is -2.39. The SMILES string of the molecule is O=C(O)[C@@H](Cc1ccccc1)NCCCO. The van der Waals surface area contributed by atoms with Crippen LogP contribution in [-0.4, -0.2) is 35.4 Å². The maximum atomic E-state index is 11.0. The van der Waals surface area contributed by atoms with Crippen molar-refractivity contribution in [3.05, 3.63) is 35.9 Å². The first-order chi connectivity index (χ1) is 7.74. The molecule has 1 rings (SSSR count). The maximum absolute atomic E-state index is 11.0. The van der Waals surface area contributed by atoms with Gasteiger partial charge in [-0.05, 0) is 24.9 Å². The van der Waals surface area contributed by atoms with Crippen molar-refractivity contribution in [3.8, 4) is 0 Å². The molecule has 0 aliphatic heterocycles. The zero-order valence-electron chi connectivity index (χ0n) is 9.10. The topological polar surface area (TPSA) is 69.6 Å². The predicted octanol–water partition coefficient (Wildman–Crippen LogP) is 0.654. The van der Waals surface area contributed by atoms with Crippen LogP contribution in [0.5, 0.6) is 0 Å². The smallest absolute Gasteiger partial charge is 0.321 e. The van der Waals surface area contributed by atoms with Crippen molar-refractivity contribution in [1.29, 1.82) is 0 Å². The largest absolute Gasteiger partial charge is 0.480 e. The second kappa shape index (κ2) is 6.98. The highest BCUT2D eigenvalue weighted by molar-refractivity contribution is 5.73. The Labute approximate surface area is 94.9 Å². The summed E-state index contributed by atoms with van der Waals surface area (Å²) in [6.07, 6.45) is 1.03. The molecule has 1 atom stereocenters. The summed E-state index contributed by atoms with van der Waals surface area (Å²) in [4.78, 5) is 11.0. The molecule has 0 aliphatic carbocycles. The minimum atomic E-state index is -0.859. The van der Waals surface area contributed by atoms with E-state index >= 15 is 0 Å². The van der Waals surface area contributed by atoms with Crippen LogP contribution in [0.15, 0.2) is 30.3 Å². The minimum absolute atomic E-state index is 0.0741. The lowest BCUT2D eigenvalue weighted by molar-refractivity contribution is -0.139. The molecule has 0 radical (unpaired) electrons. The number of carboxylic acids is 1. The van der Waals surface area contributed by atoms with E-state index in [0.717, 1.165) is 5.56 Å². The highest BCUT2D eigenvalue weighted by atomic mass is 16.4. The Bertz CT molecular complexity index is 313. The second-order valence-corrected chi connectivity index (χ2v) is 3.61. The Hall–Kier alpha value is -1.39. The van der Waals surface area contributed by atoms with E-state index in [1.165, 1.54) is 0 Å². The lowest BCUT2D eigenvalue weighted by atomic mass is 10.1. The number of aliphatic carboxylic acids is 1.